The lowest BCUT2D eigenvalue weighted by molar-refractivity contribution is 0.0380. The molecule has 20 heavy (non-hydrogen) atoms. The molecule has 6 heteroatoms. The molecular formula is C14H23N3O3. The molecule has 0 saturated carbocycles. The predicted molar refractivity (Wildman–Crippen MR) is 77.5 cm³/mol. The van der Waals surface area contributed by atoms with Gasteiger partial charge >= 0.3 is 0 Å². The summed E-state index contributed by atoms with van der Waals surface area (Å²) in [4.78, 5) is 17.9. The van der Waals surface area contributed by atoms with E-state index in [2.05, 4.69) is 4.98 Å². The molecule has 0 saturated heterocycles. The number of ether oxygens (including phenoxy) is 1. The summed E-state index contributed by atoms with van der Waals surface area (Å²) in [6.45, 7) is 2.44. The number of likely N-dealkylation sites (N-methyl/N-ethyl adjacent to an activating group) is 1. The molecule has 0 radical (unpaired) electrons. The lowest BCUT2D eigenvalue weighted by atomic mass is 10.1. The fraction of sp³-hybridized carbons (Fsp3) is 0.571. The van der Waals surface area contributed by atoms with E-state index in [1.807, 2.05) is 6.92 Å². The molecule has 0 aromatic carbocycles. The monoisotopic (exact) mass is 281 g/mol. The van der Waals surface area contributed by atoms with Crippen LogP contribution in [0, 0.1) is 0 Å². The Balaban J connectivity index is 2.80. The van der Waals surface area contributed by atoms with Gasteiger partial charge in [0.1, 0.15) is 5.82 Å². The van der Waals surface area contributed by atoms with Crippen molar-refractivity contribution in [3.05, 3.63) is 23.4 Å². The van der Waals surface area contributed by atoms with Gasteiger partial charge in [0.25, 0.3) is 5.91 Å². The third kappa shape index (κ3) is 4.79. The first kappa shape index (κ1) is 16.4. The number of methoxy groups -OCH3 is 1. The van der Waals surface area contributed by atoms with Crippen molar-refractivity contribution in [2.75, 3.05) is 33.0 Å². The molecule has 0 bridgehead atoms. The van der Waals surface area contributed by atoms with Crippen molar-refractivity contribution in [3.63, 3.8) is 0 Å². The maximum Gasteiger partial charge on any atom is 0.253 e. The summed E-state index contributed by atoms with van der Waals surface area (Å²) < 4.78 is 4.84. The largest absolute Gasteiger partial charge is 0.389 e. The average molecular weight is 281 g/mol. The van der Waals surface area contributed by atoms with Crippen LogP contribution in [0.15, 0.2) is 12.1 Å². The number of pyridine rings is 1. The highest BCUT2D eigenvalue weighted by Crippen LogP contribution is 2.12. The van der Waals surface area contributed by atoms with Gasteiger partial charge in [-0.25, -0.2) is 4.98 Å². The van der Waals surface area contributed by atoms with Gasteiger partial charge in [0.05, 0.1) is 12.7 Å². The first-order chi connectivity index (χ1) is 9.47. The number of nitrogens with two attached hydrogens (primary N) is 1. The number of carbonyl (C=O) groups is 1. The van der Waals surface area contributed by atoms with E-state index in [4.69, 9.17) is 10.5 Å². The number of amides is 1. The number of anilines is 1. The van der Waals surface area contributed by atoms with Gasteiger partial charge in [-0.1, -0.05) is 13.3 Å². The molecule has 3 N–H and O–H groups in total. The van der Waals surface area contributed by atoms with Crippen LogP contribution in [0.5, 0.6) is 0 Å². The molecule has 1 aromatic rings. The molecule has 1 heterocycles. The Bertz CT molecular complexity index is 451. The van der Waals surface area contributed by atoms with Gasteiger partial charge < -0.3 is 20.5 Å². The van der Waals surface area contributed by atoms with E-state index >= 15 is 0 Å². The third-order valence-electron chi connectivity index (χ3n) is 2.84. The van der Waals surface area contributed by atoms with Crippen molar-refractivity contribution in [1.82, 2.24) is 9.88 Å². The molecule has 0 aliphatic heterocycles. The van der Waals surface area contributed by atoms with Gasteiger partial charge in [-0.15, -0.1) is 0 Å². The van der Waals surface area contributed by atoms with Gasteiger partial charge in [-0.05, 0) is 18.6 Å². The Morgan fingerprint density at radius 1 is 1.55 bits per heavy atom. The molecule has 0 spiro atoms. The van der Waals surface area contributed by atoms with Gasteiger partial charge in [0, 0.05) is 32.0 Å². The number of hydrogen-bond donors (Lipinski definition) is 2. The van der Waals surface area contributed by atoms with Crippen molar-refractivity contribution in [1.29, 1.82) is 0 Å². The standard InChI is InChI=1S/C14H23N3O3/c1-4-5-11-6-10(7-13(15)16-11)14(19)17(2)8-12(18)9-20-3/h6-7,12,18H,4-5,8-9H2,1-3H3,(H2,15,16). The number of aromatic nitrogens is 1. The molecule has 112 valence electrons. The Morgan fingerprint density at radius 2 is 2.25 bits per heavy atom. The zero-order valence-electron chi connectivity index (χ0n) is 12.3. The van der Waals surface area contributed by atoms with Crippen LogP contribution in [0.4, 0.5) is 5.82 Å². The minimum absolute atomic E-state index is 0.188. The van der Waals surface area contributed by atoms with E-state index in [9.17, 15) is 9.90 Å². The summed E-state index contributed by atoms with van der Waals surface area (Å²) in [7, 11) is 3.14. The minimum Gasteiger partial charge on any atom is -0.389 e. The van der Waals surface area contributed by atoms with Gasteiger partial charge in [-0.3, -0.25) is 4.79 Å². The van der Waals surface area contributed by atoms with Gasteiger partial charge in [-0.2, -0.15) is 0 Å². The summed E-state index contributed by atoms with van der Waals surface area (Å²) in [5.41, 5.74) is 7.03. The van der Waals surface area contributed by atoms with Crippen molar-refractivity contribution in [2.45, 2.75) is 25.9 Å². The molecular weight excluding hydrogens is 258 g/mol. The molecule has 0 fully saturated rings. The smallest absolute Gasteiger partial charge is 0.253 e. The highest BCUT2D eigenvalue weighted by molar-refractivity contribution is 5.94. The van der Waals surface area contributed by atoms with E-state index in [-0.39, 0.29) is 19.1 Å². The lowest BCUT2D eigenvalue weighted by Gasteiger charge is -2.20. The van der Waals surface area contributed by atoms with Crippen LogP contribution in [0.2, 0.25) is 0 Å². The first-order valence-corrected chi connectivity index (χ1v) is 6.66. The van der Waals surface area contributed by atoms with Crippen LogP contribution in [0.25, 0.3) is 0 Å². The zero-order valence-corrected chi connectivity index (χ0v) is 12.3. The normalized spacial score (nSPS) is 12.2. The highest BCUT2D eigenvalue weighted by atomic mass is 16.5. The third-order valence-corrected chi connectivity index (χ3v) is 2.84. The molecule has 1 aromatic heterocycles. The van der Waals surface area contributed by atoms with Crippen LogP contribution < -0.4 is 5.73 Å². The number of hydrogen-bond acceptors (Lipinski definition) is 5. The van der Waals surface area contributed by atoms with E-state index < -0.39 is 6.10 Å². The zero-order chi connectivity index (χ0) is 15.1. The minimum atomic E-state index is -0.705. The number of carbonyl (C=O) groups excluding carboxylic acids is 1. The maximum absolute atomic E-state index is 12.3. The van der Waals surface area contributed by atoms with E-state index in [0.29, 0.717) is 11.4 Å². The highest BCUT2D eigenvalue weighted by Gasteiger charge is 2.16. The Labute approximate surface area is 119 Å². The summed E-state index contributed by atoms with van der Waals surface area (Å²) in [5.74, 6) is 0.150. The molecule has 0 aliphatic carbocycles. The number of aliphatic hydroxyl groups excluding tert-OH is 1. The fourth-order valence-corrected chi connectivity index (χ4v) is 1.98. The molecule has 1 rings (SSSR count). The second-order valence-electron chi connectivity index (χ2n) is 4.82. The van der Waals surface area contributed by atoms with Crippen molar-refractivity contribution < 1.29 is 14.6 Å². The van der Waals surface area contributed by atoms with Crippen LogP contribution >= 0.6 is 0 Å². The average Bonchev–Trinajstić information content (AvgIpc) is 2.37. The summed E-state index contributed by atoms with van der Waals surface area (Å²) in [6, 6.07) is 3.31. The fourth-order valence-electron chi connectivity index (χ4n) is 1.98. The van der Waals surface area contributed by atoms with Crippen molar-refractivity contribution >= 4 is 11.7 Å². The van der Waals surface area contributed by atoms with Crippen molar-refractivity contribution in [3.8, 4) is 0 Å². The SMILES string of the molecule is CCCc1cc(C(=O)N(C)CC(O)COC)cc(N)n1. The van der Waals surface area contributed by atoms with Crippen LogP contribution in [-0.4, -0.2) is 54.3 Å². The Morgan fingerprint density at radius 3 is 2.85 bits per heavy atom. The van der Waals surface area contributed by atoms with Crippen molar-refractivity contribution in [2.24, 2.45) is 0 Å². The summed E-state index contributed by atoms with van der Waals surface area (Å²) >= 11 is 0. The lowest BCUT2D eigenvalue weighted by Crippen LogP contribution is -2.36. The van der Waals surface area contributed by atoms with Crippen LogP contribution in [0.3, 0.4) is 0 Å². The Hall–Kier alpha value is -1.66. The topological polar surface area (TPSA) is 88.7 Å². The molecule has 1 amide bonds. The number of aliphatic hydroxyl groups is 1. The number of rotatable bonds is 7. The second-order valence-corrected chi connectivity index (χ2v) is 4.82. The summed E-state index contributed by atoms with van der Waals surface area (Å²) in [5, 5.41) is 9.65. The predicted octanol–water partition coefficient (Wildman–Crippen LogP) is 0.696. The number of aryl methyl sites for hydroxylation is 1. The molecule has 1 atom stereocenters. The number of nitrogens with zero attached hydrogens (tertiary/aromatic N) is 2. The molecule has 0 aliphatic rings. The number of nitrogen functional groups attached to an aromatic ring is 1. The van der Waals surface area contributed by atoms with E-state index in [0.717, 1.165) is 18.5 Å². The summed E-state index contributed by atoms with van der Waals surface area (Å²) in [6.07, 6.45) is 1.01. The maximum atomic E-state index is 12.3. The van der Waals surface area contributed by atoms with Crippen LogP contribution in [-0.2, 0) is 11.2 Å². The van der Waals surface area contributed by atoms with Gasteiger partial charge in [0.15, 0.2) is 0 Å². The van der Waals surface area contributed by atoms with Gasteiger partial charge in [0.2, 0.25) is 0 Å². The first-order valence-electron chi connectivity index (χ1n) is 6.66. The van der Waals surface area contributed by atoms with E-state index in [1.165, 1.54) is 12.0 Å². The second kappa shape index (κ2) is 7.81. The quantitative estimate of drug-likeness (QED) is 0.768. The van der Waals surface area contributed by atoms with E-state index in [1.54, 1.807) is 19.2 Å². The van der Waals surface area contributed by atoms with Crippen LogP contribution in [0.1, 0.15) is 29.4 Å². The Kier molecular flexibility index (Phi) is 6.41. The molecule has 6 nitrogen and oxygen atoms in total. The molecule has 1 unspecified atom stereocenters.